The van der Waals surface area contributed by atoms with Gasteiger partial charge in [0.15, 0.2) is 11.6 Å². The van der Waals surface area contributed by atoms with Crippen molar-refractivity contribution in [3.8, 4) is 5.75 Å². The zero-order chi connectivity index (χ0) is 14.8. The summed E-state index contributed by atoms with van der Waals surface area (Å²) >= 11 is 0. The molecular formula is C17H16F2O2. The summed E-state index contributed by atoms with van der Waals surface area (Å²) in [5.41, 5.74) is 2.17. The van der Waals surface area contributed by atoms with Gasteiger partial charge in [0.25, 0.3) is 0 Å². The molecule has 0 fully saturated rings. The molecule has 1 aliphatic carbocycles. The molecule has 0 saturated carbocycles. The Balaban J connectivity index is 1.77. The van der Waals surface area contributed by atoms with E-state index in [-0.39, 0.29) is 12.2 Å². The molecule has 1 aliphatic rings. The van der Waals surface area contributed by atoms with E-state index < -0.39 is 17.7 Å². The van der Waals surface area contributed by atoms with E-state index in [1.54, 1.807) is 12.1 Å². The van der Waals surface area contributed by atoms with Crippen LogP contribution in [-0.4, -0.2) is 5.11 Å². The van der Waals surface area contributed by atoms with Crippen molar-refractivity contribution in [1.29, 1.82) is 0 Å². The molecule has 0 bridgehead atoms. The number of ether oxygens (including phenoxy) is 1. The highest BCUT2D eigenvalue weighted by atomic mass is 19.2. The van der Waals surface area contributed by atoms with Crippen LogP contribution in [0, 0.1) is 11.6 Å². The lowest BCUT2D eigenvalue weighted by Gasteiger charge is -2.22. The first-order valence-corrected chi connectivity index (χ1v) is 7.02. The highest BCUT2D eigenvalue weighted by Crippen LogP contribution is 2.32. The van der Waals surface area contributed by atoms with Gasteiger partial charge in [-0.05, 0) is 48.6 Å². The van der Waals surface area contributed by atoms with Gasteiger partial charge in [-0.2, -0.15) is 0 Å². The Labute approximate surface area is 122 Å². The SMILES string of the molecule is O[C@@H]1CCCc2ccc(OCc3cccc(F)c3F)cc21. The maximum atomic E-state index is 13.5. The van der Waals surface area contributed by atoms with Crippen molar-refractivity contribution in [2.75, 3.05) is 0 Å². The average Bonchev–Trinajstić information content (AvgIpc) is 2.49. The Kier molecular flexibility index (Phi) is 3.88. The van der Waals surface area contributed by atoms with Gasteiger partial charge in [-0.1, -0.05) is 18.2 Å². The molecule has 0 amide bonds. The van der Waals surface area contributed by atoms with Crippen molar-refractivity contribution in [3.63, 3.8) is 0 Å². The Bertz CT molecular complexity index is 655. The Hall–Kier alpha value is -1.94. The second-order valence-corrected chi connectivity index (χ2v) is 5.27. The van der Waals surface area contributed by atoms with Gasteiger partial charge in [-0.15, -0.1) is 0 Å². The van der Waals surface area contributed by atoms with E-state index in [0.29, 0.717) is 5.75 Å². The van der Waals surface area contributed by atoms with Gasteiger partial charge in [-0.25, -0.2) is 8.78 Å². The molecule has 0 aliphatic heterocycles. The van der Waals surface area contributed by atoms with Crippen LogP contribution < -0.4 is 4.74 Å². The predicted molar refractivity (Wildman–Crippen MR) is 75.0 cm³/mol. The number of fused-ring (bicyclic) bond motifs is 1. The monoisotopic (exact) mass is 290 g/mol. The average molecular weight is 290 g/mol. The number of benzene rings is 2. The second-order valence-electron chi connectivity index (χ2n) is 5.27. The molecule has 0 radical (unpaired) electrons. The molecule has 1 N–H and O–H groups in total. The lowest BCUT2D eigenvalue weighted by Crippen LogP contribution is -2.09. The topological polar surface area (TPSA) is 29.5 Å². The van der Waals surface area contributed by atoms with Crippen LogP contribution in [-0.2, 0) is 13.0 Å². The van der Waals surface area contributed by atoms with Gasteiger partial charge in [0, 0.05) is 5.56 Å². The highest BCUT2D eigenvalue weighted by Gasteiger charge is 2.18. The molecule has 1 atom stereocenters. The Morgan fingerprint density at radius 1 is 1.19 bits per heavy atom. The third kappa shape index (κ3) is 2.90. The minimum Gasteiger partial charge on any atom is -0.489 e. The van der Waals surface area contributed by atoms with Gasteiger partial charge in [0.1, 0.15) is 12.4 Å². The molecule has 2 aromatic rings. The summed E-state index contributed by atoms with van der Waals surface area (Å²) in [4.78, 5) is 0. The van der Waals surface area contributed by atoms with Gasteiger partial charge in [-0.3, -0.25) is 0 Å². The molecule has 110 valence electrons. The van der Waals surface area contributed by atoms with Crippen LogP contribution in [0.2, 0.25) is 0 Å². The van der Waals surface area contributed by atoms with Crippen LogP contribution in [0.4, 0.5) is 8.78 Å². The first kappa shape index (κ1) is 14.0. The number of aliphatic hydroxyl groups excluding tert-OH is 1. The summed E-state index contributed by atoms with van der Waals surface area (Å²) in [7, 11) is 0. The van der Waals surface area contributed by atoms with Crippen molar-refractivity contribution < 1.29 is 18.6 Å². The van der Waals surface area contributed by atoms with Crippen LogP contribution in [0.15, 0.2) is 36.4 Å². The molecule has 2 nitrogen and oxygen atoms in total. The lowest BCUT2D eigenvalue weighted by molar-refractivity contribution is 0.156. The van der Waals surface area contributed by atoms with Gasteiger partial charge in [0.05, 0.1) is 6.10 Å². The second kappa shape index (κ2) is 5.82. The van der Waals surface area contributed by atoms with E-state index in [1.807, 2.05) is 6.07 Å². The van der Waals surface area contributed by atoms with Gasteiger partial charge >= 0.3 is 0 Å². The van der Waals surface area contributed by atoms with E-state index in [9.17, 15) is 13.9 Å². The summed E-state index contributed by atoms with van der Waals surface area (Å²) in [6.07, 6.45) is 2.20. The molecule has 0 heterocycles. The van der Waals surface area contributed by atoms with E-state index >= 15 is 0 Å². The highest BCUT2D eigenvalue weighted by molar-refractivity contribution is 5.38. The first-order chi connectivity index (χ1) is 10.1. The lowest BCUT2D eigenvalue weighted by atomic mass is 9.89. The number of rotatable bonds is 3. The summed E-state index contributed by atoms with van der Waals surface area (Å²) < 4.78 is 32.2. The number of hydrogen-bond acceptors (Lipinski definition) is 2. The van der Waals surface area contributed by atoms with Gasteiger partial charge in [0.2, 0.25) is 0 Å². The molecule has 2 aromatic carbocycles. The Morgan fingerprint density at radius 2 is 2.05 bits per heavy atom. The van der Waals surface area contributed by atoms with E-state index in [0.717, 1.165) is 36.5 Å². The first-order valence-electron chi connectivity index (χ1n) is 7.02. The van der Waals surface area contributed by atoms with Crippen LogP contribution in [0.25, 0.3) is 0 Å². The number of halogens is 2. The molecule has 4 heteroatoms. The largest absolute Gasteiger partial charge is 0.489 e. The maximum absolute atomic E-state index is 13.5. The number of aryl methyl sites for hydroxylation is 1. The van der Waals surface area contributed by atoms with Crippen molar-refractivity contribution in [3.05, 3.63) is 64.7 Å². The van der Waals surface area contributed by atoms with Gasteiger partial charge < -0.3 is 9.84 Å². The zero-order valence-corrected chi connectivity index (χ0v) is 11.5. The van der Waals surface area contributed by atoms with Crippen molar-refractivity contribution in [1.82, 2.24) is 0 Å². The zero-order valence-electron chi connectivity index (χ0n) is 11.5. The van der Waals surface area contributed by atoms with Crippen LogP contribution in [0.1, 0.15) is 35.6 Å². The molecule has 0 saturated heterocycles. The molecule has 21 heavy (non-hydrogen) atoms. The molecule has 0 unspecified atom stereocenters. The van der Waals surface area contributed by atoms with Crippen molar-refractivity contribution in [2.24, 2.45) is 0 Å². The standard InChI is InChI=1S/C17H16F2O2/c18-15-5-1-4-12(17(15)19)10-21-13-8-7-11-3-2-6-16(20)14(11)9-13/h1,4-5,7-9,16,20H,2-3,6,10H2/t16-/m1/s1. The molecular weight excluding hydrogens is 274 g/mol. The molecule has 3 rings (SSSR count). The van der Waals surface area contributed by atoms with Crippen LogP contribution in [0.3, 0.4) is 0 Å². The van der Waals surface area contributed by atoms with Crippen molar-refractivity contribution >= 4 is 0 Å². The summed E-state index contributed by atoms with van der Waals surface area (Å²) in [6, 6.07) is 9.53. The Morgan fingerprint density at radius 3 is 2.90 bits per heavy atom. The summed E-state index contributed by atoms with van der Waals surface area (Å²) in [5.74, 6) is -1.20. The fraction of sp³-hybridized carbons (Fsp3) is 0.294. The number of aliphatic hydroxyl groups is 1. The quantitative estimate of drug-likeness (QED) is 0.928. The smallest absolute Gasteiger partial charge is 0.165 e. The predicted octanol–water partition coefficient (Wildman–Crippen LogP) is 3.91. The fourth-order valence-electron chi connectivity index (χ4n) is 2.66. The molecule has 0 spiro atoms. The fourth-order valence-corrected chi connectivity index (χ4v) is 2.66. The normalized spacial score (nSPS) is 17.4. The van der Waals surface area contributed by atoms with E-state index in [2.05, 4.69) is 0 Å². The third-order valence-corrected chi connectivity index (χ3v) is 3.83. The summed E-state index contributed by atoms with van der Waals surface area (Å²) in [6.45, 7) is -0.0432. The van der Waals surface area contributed by atoms with E-state index in [1.165, 1.54) is 12.1 Å². The number of hydrogen-bond donors (Lipinski definition) is 1. The van der Waals surface area contributed by atoms with Crippen molar-refractivity contribution in [2.45, 2.75) is 32.0 Å². The van der Waals surface area contributed by atoms with Crippen LogP contribution in [0.5, 0.6) is 5.75 Å². The van der Waals surface area contributed by atoms with Crippen LogP contribution >= 0.6 is 0 Å². The third-order valence-electron chi connectivity index (χ3n) is 3.83. The molecule has 0 aromatic heterocycles. The van der Waals surface area contributed by atoms with E-state index in [4.69, 9.17) is 4.74 Å². The minimum absolute atomic E-state index is 0.0432. The maximum Gasteiger partial charge on any atom is 0.165 e. The summed E-state index contributed by atoms with van der Waals surface area (Å²) in [5, 5.41) is 9.99. The minimum atomic E-state index is -0.879.